The summed E-state index contributed by atoms with van der Waals surface area (Å²) in [5.74, 6) is -0.486. The zero-order valence-electron chi connectivity index (χ0n) is 10.2. The van der Waals surface area contributed by atoms with Crippen molar-refractivity contribution in [3.63, 3.8) is 0 Å². The van der Waals surface area contributed by atoms with Crippen LogP contribution in [0.4, 0.5) is 9.59 Å². The van der Waals surface area contributed by atoms with Crippen LogP contribution >= 0.6 is 0 Å². The molecule has 0 fully saturated rings. The fourth-order valence-electron chi connectivity index (χ4n) is 0.975. The fourth-order valence-corrected chi connectivity index (χ4v) is 0.975. The highest BCUT2D eigenvalue weighted by Gasteiger charge is 2.23. The van der Waals surface area contributed by atoms with Crippen molar-refractivity contribution >= 4 is 12.3 Å². The van der Waals surface area contributed by atoms with Crippen molar-refractivity contribution in [3.8, 4) is 11.7 Å². The average Bonchev–Trinajstić information content (AvgIpc) is 2.62. The van der Waals surface area contributed by atoms with Gasteiger partial charge in [-0.3, -0.25) is 0 Å². The quantitative estimate of drug-likeness (QED) is 0.758. The van der Waals surface area contributed by atoms with Crippen molar-refractivity contribution in [2.45, 2.75) is 20.8 Å². The fraction of sp³-hybridized carbons (Fsp3) is 0.500. The van der Waals surface area contributed by atoms with E-state index < -0.39 is 12.3 Å². The van der Waals surface area contributed by atoms with Crippen molar-refractivity contribution in [2.24, 2.45) is 0 Å². The molecule has 1 heterocycles. The topological polar surface area (TPSA) is 97.1 Å². The van der Waals surface area contributed by atoms with Crippen molar-refractivity contribution in [3.05, 3.63) is 5.69 Å². The van der Waals surface area contributed by atoms with Gasteiger partial charge >= 0.3 is 18.3 Å². The van der Waals surface area contributed by atoms with Gasteiger partial charge in [0, 0.05) is 0 Å². The second-order valence-electron chi connectivity index (χ2n) is 2.95. The lowest BCUT2D eigenvalue weighted by molar-refractivity contribution is 0.0840. The largest absolute Gasteiger partial charge is 0.516 e. The molecule has 0 aliphatic heterocycles. The minimum atomic E-state index is -0.984. The Bertz CT molecular complexity index is 426. The molecule has 0 N–H and O–H groups in total. The summed E-state index contributed by atoms with van der Waals surface area (Å²) in [6.07, 6.45) is -1.93. The first-order valence-corrected chi connectivity index (χ1v) is 5.23. The number of ether oxygens (including phenoxy) is 4. The Balaban J connectivity index is 2.74. The average molecular weight is 259 g/mol. The van der Waals surface area contributed by atoms with E-state index in [1.807, 2.05) is 0 Å². The molecule has 0 aliphatic rings. The minimum Gasteiger partial charge on any atom is -0.434 e. The predicted octanol–water partition coefficient (Wildman–Crippen LogP) is 2.05. The summed E-state index contributed by atoms with van der Waals surface area (Å²) in [7, 11) is 0. The Labute approximate surface area is 103 Å². The zero-order valence-corrected chi connectivity index (χ0v) is 10.2. The molecule has 0 aromatic carbocycles. The molecule has 0 bridgehead atoms. The molecular weight excluding hydrogens is 246 g/mol. The van der Waals surface area contributed by atoms with Crippen LogP contribution in [0.5, 0.6) is 11.7 Å². The molecule has 18 heavy (non-hydrogen) atoms. The molecule has 1 rings (SSSR count). The van der Waals surface area contributed by atoms with Gasteiger partial charge in [0.05, 0.1) is 13.2 Å². The van der Waals surface area contributed by atoms with Gasteiger partial charge in [0.15, 0.2) is 0 Å². The Morgan fingerprint density at radius 2 is 1.67 bits per heavy atom. The molecule has 0 aliphatic carbocycles. The zero-order chi connectivity index (χ0) is 13.5. The summed E-state index contributed by atoms with van der Waals surface area (Å²) in [5, 5.41) is 3.50. The van der Waals surface area contributed by atoms with Gasteiger partial charge in [-0.1, -0.05) is 5.16 Å². The van der Waals surface area contributed by atoms with Gasteiger partial charge < -0.3 is 23.5 Å². The molecule has 100 valence electrons. The molecule has 0 radical (unpaired) electrons. The van der Waals surface area contributed by atoms with Crippen LogP contribution in [0.2, 0.25) is 0 Å². The molecular formula is C10H13NO7. The van der Waals surface area contributed by atoms with E-state index in [0.29, 0.717) is 0 Å². The Morgan fingerprint density at radius 1 is 1.11 bits per heavy atom. The van der Waals surface area contributed by atoms with Gasteiger partial charge in [-0.2, -0.15) is 0 Å². The lowest BCUT2D eigenvalue weighted by Gasteiger charge is -2.04. The summed E-state index contributed by atoms with van der Waals surface area (Å²) < 4.78 is 23.3. The van der Waals surface area contributed by atoms with E-state index in [1.54, 1.807) is 13.8 Å². The maximum Gasteiger partial charge on any atom is 0.516 e. The summed E-state index contributed by atoms with van der Waals surface area (Å²) in [6.45, 7) is 5.04. The molecule has 0 amide bonds. The van der Waals surface area contributed by atoms with Crippen LogP contribution in [-0.2, 0) is 9.47 Å². The molecule has 0 atom stereocenters. The first-order valence-electron chi connectivity index (χ1n) is 5.23. The number of nitrogens with zero attached hydrogens (tertiary/aromatic N) is 1. The van der Waals surface area contributed by atoms with Crippen LogP contribution in [0, 0.1) is 6.92 Å². The number of aromatic nitrogens is 1. The van der Waals surface area contributed by atoms with E-state index in [0.717, 1.165) is 0 Å². The Hall–Kier alpha value is -2.25. The van der Waals surface area contributed by atoms with E-state index in [1.165, 1.54) is 6.92 Å². The molecule has 8 heteroatoms. The summed E-state index contributed by atoms with van der Waals surface area (Å²) >= 11 is 0. The lowest BCUT2D eigenvalue weighted by atomic mass is 10.4. The lowest BCUT2D eigenvalue weighted by Crippen LogP contribution is -2.13. The van der Waals surface area contributed by atoms with E-state index in [9.17, 15) is 9.59 Å². The molecule has 0 saturated carbocycles. The van der Waals surface area contributed by atoms with Crippen molar-refractivity contribution < 1.29 is 33.1 Å². The third-order valence-corrected chi connectivity index (χ3v) is 1.67. The van der Waals surface area contributed by atoms with Crippen molar-refractivity contribution in [2.75, 3.05) is 13.2 Å². The van der Waals surface area contributed by atoms with Gasteiger partial charge in [0.25, 0.3) is 0 Å². The predicted molar refractivity (Wildman–Crippen MR) is 56.5 cm³/mol. The van der Waals surface area contributed by atoms with Crippen LogP contribution in [0.25, 0.3) is 0 Å². The van der Waals surface area contributed by atoms with Crippen LogP contribution in [0.1, 0.15) is 19.5 Å². The van der Waals surface area contributed by atoms with E-state index >= 15 is 0 Å². The highest BCUT2D eigenvalue weighted by molar-refractivity contribution is 5.67. The van der Waals surface area contributed by atoms with Crippen LogP contribution < -0.4 is 9.47 Å². The molecule has 0 saturated heterocycles. The maximum absolute atomic E-state index is 11.1. The van der Waals surface area contributed by atoms with E-state index in [2.05, 4.69) is 23.9 Å². The van der Waals surface area contributed by atoms with Crippen LogP contribution in [0.3, 0.4) is 0 Å². The summed E-state index contributed by atoms with van der Waals surface area (Å²) in [4.78, 5) is 22.2. The van der Waals surface area contributed by atoms with Gasteiger partial charge in [0.2, 0.25) is 5.75 Å². The summed E-state index contributed by atoms with van der Waals surface area (Å²) in [6, 6.07) is 0. The second kappa shape index (κ2) is 6.48. The van der Waals surface area contributed by atoms with Crippen LogP contribution in [0.15, 0.2) is 4.52 Å². The van der Waals surface area contributed by atoms with E-state index in [4.69, 9.17) is 4.74 Å². The van der Waals surface area contributed by atoms with E-state index in [-0.39, 0.29) is 30.6 Å². The number of carbonyl (C=O) groups excluding carboxylic acids is 2. The minimum absolute atomic E-state index is 0.124. The molecule has 0 spiro atoms. The molecule has 1 aromatic heterocycles. The monoisotopic (exact) mass is 259 g/mol. The highest BCUT2D eigenvalue weighted by Crippen LogP contribution is 2.31. The normalized spacial score (nSPS) is 9.72. The molecule has 0 unspecified atom stereocenters. The summed E-state index contributed by atoms with van der Waals surface area (Å²) in [5.41, 5.74) is 0.238. The number of carbonyl (C=O) groups is 2. The number of aryl methyl sites for hydroxylation is 1. The highest BCUT2D eigenvalue weighted by atomic mass is 16.8. The van der Waals surface area contributed by atoms with Gasteiger partial charge in [-0.25, -0.2) is 9.59 Å². The van der Waals surface area contributed by atoms with Crippen LogP contribution in [-0.4, -0.2) is 30.7 Å². The number of hydrogen-bond acceptors (Lipinski definition) is 8. The maximum atomic E-state index is 11.1. The van der Waals surface area contributed by atoms with Gasteiger partial charge in [0.1, 0.15) is 5.69 Å². The molecule has 1 aromatic rings. The third-order valence-electron chi connectivity index (χ3n) is 1.67. The van der Waals surface area contributed by atoms with Gasteiger partial charge in [-0.15, -0.1) is 0 Å². The molecule has 8 nitrogen and oxygen atoms in total. The smallest absolute Gasteiger partial charge is 0.434 e. The number of hydrogen-bond donors (Lipinski definition) is 0. The van der Waals surface area contributed by atoms with Crippen molar-refractivity contribution in [1.82, 2.24) is 5.16 Å². The standard InChI is InChI=1S/C10H13NO7/c1-4-14-9(12)16-7-6(3)11-18-8(7)17-10(13)15-5-2/h4-5H2,1-3H3. The van der Waals surface area contributed by atoms with Crippen molar-refractivity contribution in [1.29, 1.82) is 0 Å². The Morgan fingerprint density at radius 3 is 2.22 bits per heavy atom. The number of rotatable bonds is 4. The first-order chi connectivity index (χ1) is 8.58. The third kappa shape index (κ3) is 3.65. The SMILES string of the molecule is CCOC(=O)Oc1onc(C)c1OC(=O)OCC. The first kappa shape index (κ1) is 13.8. The Kier molecular flexibility index (Phi) is 4.97. The van der Waals surface area contributed by atoms with Gasteiger partial charge in [-0.05, 0) is 20.8 Å². The second-order valence-corrected chi connectivity index (χ2v) is 2.95.